The molecule has 4 nitrogen and oxygen atoms in total. The summed E-state index contributed by atoms with van der Waals surface area (Å²) >= 11 is 0. The lowest BCUT2D eigenvalue weighted by molar-refractivity contribution is -0.224. The Labute approximate surface area is 141 Å². The van der Waals surface area contributed by atoms with Crippen LogP contribution in [0, 0.1) is 5.92 Å². The van der Waals surface area contributed by atoms with E-state index in [4.69, 9.17) is 4.74 Å². The average molecular weight is 388 g/mol. The molecule has 1 heterocycles. The number of ether oxygens (including phenoxy) is 2. The van der Waals surface area contributed by atoms with Crippen molar-refractivity contribution >= 4 is 9.84 Å². The topological polar surface area (TPSA) is 52.6 Å². The Morgan fingerprint density at radius 2 is 1.96 bits per heavy atom. The molecule has 0 amide bonds. The molecule has 0 aromatic heterocycles. The molecule has 0 bridgehead atoms. The van der Waals surface area contributed by atoms with E-state index in [9.17, 15) is 30.4 Å². The van der Waals surface area contributed by atoms with Crippen LogP contribution in [0.3, 0.4) is 0 Å². The maximum Gasteiger partial charge on any atom is 0.416 e. The predicted octanol–water partition coefficient (Wildman–Crippen LogP) is 3.86. The molecule has 0 N–H and O–H groups in total. The molecule has 0 saturated carbocycles. The van der Waals surface area contributed by atoms with E-state index < -0.39 is 44.1 Å². The summed E-state index contributed by atoms with van der Waals surface area (Å²) in [5.41, 5.74) is -1.16. The Morgan fingerprint density at radius 1 is 1.32 bits per heavy atom. The fraction of sp³-hybridized carbons (Fsp3) is 0.600. The first kappa shape index (κ1) is 20.1. The van der Waals surface area contributed by atoms with E-state index in [-0.39, 0.29) is 18.9 Å². The van der Waals surface area contributed by atoms with Crippen LogP contribution < -0.4 is 0 Å². The number of halogens is 5. The molecular formula is C15H17F5O4S. The van der Waals surface area contributed by atoms with Gasteiger partial charge in [0.25, 0.3) is 0 Å². The van der Waals surface area contributed by atoms with Crippen LogP contribution in [0.2, 0.25) is 0 Å². The molecule has 0 radical (unpaired) electrons. The van der Waals surface area contributed by atoms with Crippen molar-refractivity contribution in [2.24, 2.45) is 5.92 Å². The van der Waals surface area contributed by atoms with Gasteiger partial charge in [-0.3, -0.25) is 0 Å². The Morgan fingerprint density at radius 3 is 2.52 bits per heavy atom. The van der Waals surface area contributed by atoms with Gasteiger partial charge in [0.2, 0.25) is 9.84 Å². The molecule has 1 fully saturated rings. The van der Waals surface area contributed by atoms with Crippen molar-refractivity contribution in [3.63, 3.8) is 0 Å². The molecule has 1 aromatic rings. The summed E-state index contributed by atoms with van der Waals surface area (Å²) in [6, 6.07) is 3.09. The normalized spacial score (nSPS) is 28.3. The lowest BCUT2D eigenvalue weighted by atomic mass is 9.97. The molecule has 1 aliphatic rings. The number of hydrogen-bond donors (Lipinski definition) is 0. The largest absolute Gasteiger partial charge is 0.416 e. The first-order chi connectivity index (χ1) is 11.4. The number of alkyl halides is 5. The van der Waals surface area contributed by atoms with Crippen molar-refractivity contribution in [1.82, 2.24) is 0 Å². The highest BCUT2D eigenvalue weighted by atomic mass is 32.2. The SMILES string of the molecule is CC1COC(C)(S(=O)(=O)c2cccc(C(F)(F)F)c2)C(OC(F)F)C1. The van der Waals surface area contributed by atoms with Crippen molar-refractivity contribution in [3.8, 4) is 0 Å². The number of benzene rings is 1. The van der Waals surface area contributed by atoms with Crippen LogP contribution in [0.25, 0.3) is 0 Å². The minimum Gasteiger partial charge on any atom is -0.356 e. The third-order valence-electron chi connectivity index (χ3n) is 4.13. The van der Waals surface area contributed by atoms with Gasteiger partial charge in [-0.25, -0.2) is 8.42 Å². The molecule has 25 heavy (non-hydrogen) atoms. The molecule has 0 spiro atoms. The van der Waals surface area contributed by atoms with Crippen LogP contribution in [-0.2, 0) is 25.5 Å². The maximum atomic E-state index is 12.9. The van der Waals surface area contributed by atoms with Crippen LogP contribution >= 0.6 is 0 Å². The van der Waals surface area contributed by atoms with Crippen molar-refractivity contribution in [1.29, 1.82) is 0 Å². The first-order valence-electron chi connectivity index (χ1n) is 7.37. The number of sulfone groups is 1. The molecule has 2 rings (SSSR count). The minimum atomic E-state index is -4.74. The van der Waals surface area contributed by atoms with Crippen LogP contribution in [0.5, 0.6) is 0 Å². The van der Waals surface area contributed by atoms with Gasteiger partial charge in [-0.1, -0.05) is 13.0 Å². The fourth-order valence-corrected chi connectivity index (χ4v) is 4.40. The van der Waals surface area contributed by atoms with E-state index >= 15 is 0 Å². The highest BCUT2D eigenvalue weighted by molar-refractivity contribution is 7.92. The molecule has 3 atom stereocenters. The standard InChI is InChI=1S/C15H17F5O4S/c1-9-6-12(24-13(16)17)14(2,23-8-9)25(21,22)11-5-3-4-10(7-11)15(18,19)20/h3-5,7,9,12-13H,6,8H2,1-2H3. The first-order valence-corrected chi connectivity index (χ1v) is 8.85. The van der Waals surface area contributed by atoms with E-state index in [2.05, 4.69) is 4.74 Å². The zero-order valence-corrected chi connectivity index (χ0v) is 14.2. The van der Waals surface area contributed by atoms with Gasteiger partial charge >= 0.3 is 12.8 Å². The van der Waals surface area contributed by atoms with E-state index in [1.807, 2.05) is 0 Å². The van der Waals surface area contributed by atoms with E-state index in [0.29, 0.717) is 6.07 Å². The summed E-state index contributed by atoms with van der Waals surface area (Å²) in [6.45, 7) is -0.577. The highest BCUT2D eigenvalue weighted by Gasteiger charge is 2.53. The van der Waals surface area contributed by atoms with Crippen molar-refractivity contribution in [2.75, 3.05) is 6.61 Å². The van der Waals surface area contributed by atoms with E-state index in [1.165, 1.54) is 0 Å². The summed E-state index contributed by atoms with van der Waals surface area (Å²) in [6.07, 6.45) is -6.29. The van der Waals surface area contributed by atoms with Crippen LogP contribution in [0.4, 0.5) is 22.0 Å². The summed E-state index contributed by atoms with van der Waals surface area (Å²) in [5, 5.41) is 0. The smallest absolute Gasteiger partial charge is 0.356 e. The monoisotopic (exact) mass is 388 g/mol. The number of hydrogen-bond acceptors (Lipinski definition) is 4. The van der Waals surface area contributed by atoms with Crippen molar-refractivity contribution in [2.45, 2.75) is 49.0 Å². The summed E-state index contributed by atoms with van der Waals surface area (Å²) in [7, 11) is -4.54. The predicted molar refractivity (Wildman–Crippen MR) is 77.6 cm³/mol. The van der Waals surface area contributed by atoms with Gasteiger partial charge in [-0.2, -0.15) is 22.0 Å². The average Bonchev–Trinajstić information content (AvgIpc) is 2.49. The number of rotatable bonds is 4. The van der Waals surface area contributed by atoms with Gasteiger partial charge in [-0.15, -0.1) is 0 Å². The minimum absolute atomic E-state index is 0.0287. The molecule has 142 valence electrons. The summed E-state index contributed by atoms with van der Waals surface area (Å²) in [5.74, 6) is -0.242. The quantitative estimate of drug-likeness (QED) is 0.735. The zero-order chi connectivity index (χ0) is 19.0. The second kappa shape index (κ2) is 6.81. The van der Waals surface area contributed by atoms with Gasteiger partial charge in [-0.05, 0) is 37.5 Å². The lowest BCUT2D eigenvalue weighted by Gasteiger charge is -2.42. The Hall–Kier alpha value is -1.26. The van der Waals surface area contributed by atoms with Gasteiger partial charge < -0.3 is 9.47 Å². The van der Waals surface area contributed by atoms with Gasteiger partial charge in [0.15, 0.2) is 4.93 Å². The Balaban J connectivity index is 2.49. The van der Waals surface area contributed by atoms with Crippen LogP contribution in [-0.4, -0.2) is 32.7 Å². The maximum absolute atomic E-state index is 12.9. The molecule has 3 unspecified atom stereocenters. The van der Waals surface area contributed by atoms with E-state index in [1.54, 1.807) is 6.92 Å². The van der Waals surface area contributed by atoms with Crippen LogP contribution in [0.1, 0.15) is 25.8 Å². The lowest BCUT2D eigenvalue weighted by Crippen LogP contribution is -2.55. The van der Waals surface area contributed by atoms with Crippen LogP contribution in [0.15, 0.2) is 29.2 Å². The van der Waals surface area contributed by atoms with Crippen molar-refractivity contribution in [3.05, 3.63) is 29.8 Å². The summed E-state index contributed by atoms with van der Waals surface area (Å²) in [4.78, 5) is -2.89. The fourth-order valence-electron chi connectivity index (χ4n) is 2.68. The molecule has 0 aliphatic carbocycles. The van der Waals surface area contributed by atoms with Gasteiger partial charge in [0.05, 0.1) is 17.1 Å². The third-order valence-corrected chi connectivity index (χ3v) is 6.45. The van der Waals surface area contributed by atoms with Gasteiger partial charge in [0.1, 0.15) is 6.10 Å². The molecular weight excluding hydrogens is 371 g/mol. The second-order valence-electron chi connectivity index (χ2n) is 6.08. The Kier molecular flexibility index (Phi) is 5.46. The zero-order valence-electron chi connectivity index (χ0n) is 13.4. The van der Waals surface area contributed by atoms with E-state index in [0.717, 1.165) is 25.1 Å². The second-order valence-corrected chi connectivity index (χ2v) is 8.37. The third kappa shape index (κ3) is 3.95. The van der Waals surface area contributed by atoms with Gasteiger partial charge in [0, 0.05) is 0 Å². The molecule has 1 saturated heterocycles. The highest BCUT2D eigenvalue weighted by Crippen LogP contribution is 2.40. The molecule has 10 heteroatoms. The Bertz CT molecular complexity index is 717. The van der Waals surface area contributed by atoms with Crippen molar-refractivity contribution < 1.29 is 39.8 Å². The molecule has 1 aliphatic heterocycles. The molecule has 1 aromatic carbocycles. The summed E-state index contributed by atoms with van der Waals surface area (Å²) < 4.78 is 99.4.